The third-order valence-corrected chi connectivity index (χ3v) is 14.6. The number of phosphoric acid groups is 1. The van der Waals surface area contributed by atoms with Crippen LogP contribution >= 0.6 is 7.82 Å². The van der Waals surface area contributed by atoms with E-state index in [1.54, 1.807) is 6.08 Å². The van der Waals surface area contributed by atoms with Crippen molar-refractivity contribution in [3.63, 3.8) is 0 Å². The molecule has 0 heterocycles. The van der Waals surface area contributed by atoms with Gasteiger partial charge in [0.15, 0.2) is 0 Å². The molecule has 0 bridgehead atoms. The van der Waals surface area contributed by atoms with Crippen molar-refractivity contribution in [3.05, 3.63) is 36.5 Å². The Hall–Kier alpha value is -1.28. The van der Waals surface area contributed by atoms with Crippen LogP contribution in [-0.4, -0.2) is 68.5 Å². The molecular weight excluding hydrogens is 876 g/mol. The van der Waals surface area contributed by atoms with Gasteiger partial charge in [-0.2, -0.15) is 0 Å². The normalized spacial score (nSPS) is 14.1. The Morgan fingerprint density at radius 2 is 0.841 bits per heavy atom. The number of phosphoric ester groups is 1. The molecule has 8 nitrogen and oxygen atoms in total. The van der Waals surface area contributed by atoms with Gasteiger partial charge < -0.3 is 28.8 Å². The predicted molar refractivity (Wildman–Crippen MR) is 298 cm³/mol. The molecule has 0 fully saturated rings. The SMILES string of the molecule is CCCCCCCCCCC/C=C\C/C=C\CCCCCCCCCCCCCCCC(=O)NC(COP(=O)([O-])OCC[N+](C)(C)C)C(O)/C=C/CCCCCCCCCCCCCCCCCC. The van der Waals surface area contributed by atoms with Gasteiger partial charge in [0.1, 0.15) is 13.2 Å². The first-order valence-electron chi connectivity index (χ1n) is 29.9. The van der Waals surface area contributed by atoms with Gasteiger partial charge in [-0.15, -0.1) is 0 Å². The first-order valence-corrected chi connectivity index (χ1v) is 31.3. The molecule has 0 aromatic heterocycles. The van der Waals surface area contributed by atoms with E-state index in [2.05, 4.69) is 43.5 Å². The lowest BCUT2D eigenvalue weighted by Gasteiger charge is -2.29. The summed E-state index contributed by atoms with van der Waals surface area (Å²) < 4.78 is 23.4. The smallest absolute Gasteiger partial charge is 0.268 e. The van der Waals surface area contributed by atoms with Gasteiger partial charge >= 0.3 is 0 Å². The molecule has 408 valence electrons. The number of amides is 1. The lowest BCUT2D eigenvalue weighted by Crippen LogP contribution is -2.45. The van der Waals surface area contributed by atoms with Gasteiger partial charge in [0, 0.05) is 6.42 Å². The lowest BCUT2D eigenvalue weighted by atomic mass is 10.0. The molecule has 3 unspecified atom stereocenters. The van der Waals surface area contributed by atoms with E-state index >= 15 is 0 Å². The van der Waals surface area contributed by atoms with E-state index in [1.165, 1.54) is 225 Å². The summed E-state index contributed by atoms with van der Waals surface area (Å²) in [4.78, 5) is 25.5. The molecule has 69 heavy (non-hydrogen) atoms. The van der Waals surface area contributed by atoms with Crippen LogP contribution in [-0.2, 0) is 18.4 Å². The number of carbonyl (C=O) groups excluding carboxylic acids is 1. The van der Waals surface area contributed by atoms with Crippen LogP contribution in [0, 0.1) is 0 Å². The number of hydrogen-bond acceptors (Lipinski definition) is 6. The Balaban J connectivity index is 4.14. The highest BCUT2D eigenvalue weighted by Crippen LogP contribution is 2.38. The molecule has 0 saturated carbocycles. The molecule has 0 aliphatic carbocycles. The van der Waals surface area contributed by atoms with E-state index in [-0.39, 0.29) is 19.1 Å². The summed E-state index contributed by atoms with van der Waals surface area (Å²) in [7, 11) is 1.27. The topological polar surface area (TPSA) is 108 Å². The molecule has 0 rings (SSSR count). The van der Waals surface area contributed by atoms with Gasteiger partial charge in [-0.3, -0.25) is 9.36 Å². The van der Waals surface area contributed by atoms with Crippen LogP contribution in [0.15, 0.2) is 36.5 Å². The number of nitrogens with zero attached hydrogens (tertiary/aromatic N) is 1. The fraction of sp³-hybridized carbons (Fsp3) is 0.883. The minimum atomic E-state index is -4.60. The second kappa shape index (κ2) is 51.6. The van der Waals surface area contributed by atoms with Gasteiger partial charge in [0.2, 0.25) is 5.91 Å². The van der Waals surface area contributed by atoms with Crippen molar-refractivity contribution in [1.82, 2.24) is 5.32 Å². The zero-order chi connectivity index (χ0) is 50.6. The van der Waals surface area contributed by atoms with Crippen LogP contribution in [0.3, 0.4) is 0 Å². The van der Waals surface area contributed by atoms with Crippen molar-refractivity contribution in [3.8, 4) is 0 Å². The maximum absolute atomic E-state index is 13.0. The molecule has 0 aromatic rings. The molecule has 0 aliphatic heterocycles. The van der Waals surface area contributed by atoms with Crippen molar-refractivity contribution < 1.29 is 32.9 Å². The highest BCUT2D eigenvalue weighted by Gasteiger charge is 2.23. The fourth-order valence-corrected chi connectivity index (χ4v) is 9.61. The Labute approximate surface area is 429 Å². The van der Waals surface area contributed by atoms with E-state index in [0.29, 0.717) is 17.4 Å². The third kappa shape index (κ3) is 54.3. The van der Waals surface area contributed by atoms with E-state index in [9.17, 15) is 19.4 Å². The quantitative estimate of drug-likeness (QED) is 0.0272. The molecule has 0 radical (unpaired) electrons. The number of rotatable bonds is 55. The summed E-state index contributed by atoms with van der Waals surface area (Å²) in [6.07, 6.45) is 66.5. The molecule has 0 aromatic carbocycles. The Morgan fingerprint density at radius 1 is 0.507 bits per heavy atom. The second-order valence-electron chi connectivity index (χ2n) is 21.7. The largest absolute Gasteiger partial charge is 0.756 e. The molecular formula is C60H117N2O6P. The average molecular weight is 994 g/mol. The van der Waals surface area contributed by atoms with E-state index in [0.717, 1.165) is 44.9 Å². The summed E-state index contributed by atoms with van der Waals surface area (Å²) in [5.74, 6) is -0.195. The van der Waals surface area contributed by atoms with Crippen LogP contribution in [0.1, 0.15) is 290 Å². The number of carbonyl (C=O) groups is 1. The fourth-order valence-electron chi connectivity index (χ4n) is 8.89. The average Bonchev–Trinajstić information content (AvgIpc) is 3.31. The molecule has 0 spiro atoms. The van der Waals surface area contributed by atoms with Gasteiger partial charge in [-0.25, -0.2) is 0 Å². The molecule has 9 heteroatoms. The standard InChI is InChI=1S/C60H117N2O6P/c1-6-8-10-12-14-16-18-20-22-24-26-27-28-29-30-31-32-33-34-35-36-38-40-42-44-46-48-50-52-54-60(64)61-58(57-68-69(65,66)67-56-55-62(3,4)5)59(63)53-51-49-47-45-43-41-39-37-25-23-21-19-17-15-13-11-9-7-2/h26-27,29-30,51,53,58-59,63H,6-25,28,31-50,52,54-57H2,1-5H3,(H-,61,64,65,66)/b27-26-,30-29-,53-51+. The summed E-state index contributed by atoms with van der Waals surface area (Å²) in [5.41, 5.74) is 0. The van der Waals surface area contributed by atoms with Crippen LogP contribution in [0.25, 0.3) is 0 Å². The number of aliphatic hydroxyl groups excluding tert-OH is 1. The maximum Gasteiger partial charge on any atom is 0.268 e. The Kier molecular flexibility index (Phi) is 50.7. The van der Waals surface area contributed by atoms with E-state index < -0.39 is 20.0 Å². The van der Waals surface area contributed by atoms with E-state index in [4.69, 9.17) is 9.05 Å². The highest BCUT2D eigenvalue weighted by molar-refractivity contribution is 7.45. The number of unbranched alkanes of at least 4 members (excludes halogenated alkanes) is 38. The van der Waals surface area contributed by atoms with Crippen LogP contribution in [0.2, 0.25) is 0 Å². The summed E-state index contributed by atoms with van der Waals surface area (Å²) in [6, 6.07) is -0.887. The predicted octanol–water partition coefficient (Wildman–Crippen LogP) is 17.5. The number of allylic oxidation sites excluding steroid dienone is 5. The number of hydrogen-bond donors (Lipinski definition) is 2. The molecule has 0 saturated heterocycles. The maximum atomic E-state index is 13.0. The van der Waals surface area contributed by atoms with E-state index in [1.807, 2.05) is 27.2 Å². The van der Waals surface area contributed by atoms with Crippen molar-refractivity contribution in [1.29, 1.82) is 0 Å². The molecule has 0 aliphatic rings. The highest BCUT2D eigenvalue weighted by atomic mass is 31.2. The zero-order valence-electron chi connectivity index (χ0n) is 46.5. The number of aliphatic hydroxyl groups is 1. The van der Waals surface area contributed by atoms with Crippen LogP contribution < -0.4 is 10.2 Å². The zero-order valence-corrected chi connectivity index (χ0v) is 47.4. The Bertz CT molecular complexity index is 1220. The first kappa shape index (κ1) is 67.7. The molecule has 2 N–H and O–H groups in total. The van der Waals surface area contributed by atoms with Gasteiger partial charge in [-0.05, 0) is 51.4 Å². The van der Waals surface area contributed by atoms with Crippen LogP contribution in [0.5, 0.6) is 0 Å². The first-order chi connectivity index (χ1) is 33.5. The minimum Gasteiger partial charge on any atom is -0.756 e. The number of nitrogens with one attached hydrogen (secondary N) is 1. The number of likely N-dealkylation sites (N-methyl/N-ethyl adjacent to an activating group) is 1. The lowest BCUT2D eigenvalue weighted by molar-refractivity contribution is -0.870. The van der Waals surface area contributed by atoms with Crippen molar-refractivity contribution in [2.45, 2.75) is 302 Å². The molecule has 1 amide bonds. The van der Waals surface area contributed by atoms with Gasteiger partial charge in [0.25, 0.3) is 7.82 Å². The minimum absolute atomic E-state index is 0.000276. The monoisotopic (exact) mass is 993 g/mol. The van der Waals surface area contributed by atoms with Gasteiger partial charge in [0.05, 0.1) is 39.9 Å². The van der Waals surface area contributed by atoms with Crippen molar-refractivity contribution in [2.24, 2.45) is 0 Å². The van der Waals surface area contributed by atoms with Crippen molar-refractivity contribution >= 4 is 13.7 Å². The summed E-state index contributed by atoms with van der Waals surface area (Å²) in [5, 5.41) is 13.9. The number of quaternary nitrogens is 1. The summed E-state index contributed by atoms with van der Waals surface area (Å²) >= 11 is 0. The van der Waals surface area contributed by atoms with Gasteiger partial charge in [-0.1, -0.05) is 269 Å². The third-order valence-electron chi connectivity index (χ3n) is 13.6. The Morgan fingerprint density at radius 3 is 1.20 bits per heavy atom. The second-order valence-corrected chi connectivity index (χ2v) is 23.1. The summed E-state index contributed by atoms with van der Waals surface area (Å²) in [6.45, 7) is 4.68. The molecule has 3 atom stereocenters. The van der Waals surface area contributed by atoms with Crippen LogP contribution in [0.4, 0.5) is 0 Å². The van der Waals surface area contributed by atoms with Crippen molar-refractivity contribution in [2.75, 3.05) is 40.9 Å².